The molecular weight excluding hydrogens is 276 g/mol. The van der Waals surface area contributed by atoms with Crippen molar-refractivity contribution in [3.8, 4) is 0 Å². The number of ketones is 1. The smallest absolute Gasteiger partial charge is 0.379 e. The molecule has 0 unspecified atom stereocenters. The van der Waals surface area contributed by atoms with Gasteiger partial charge in [-0.1, -0.05) is 50.3 Å². The average molecular weight is 298 g/mol. The van der Waals surface area contributed by atoms with E-state index in [-0.39, 0.29) is 16.9 Å². The van der Waals surface area contributed by atoms with E-state index < -0.39 is 11.8 Å². The first-order valence-corrected chi connectivity index (χ1v) is 7.86. The Bertz CT molecular complexity index is 617. The number of hydrogen-bond acceptors (Lipinski definition) is 3. The van der Waals surface area contributed by atoms with Crippen LogP contribution >= 0.6 is 0 Å². The van der Waals surface area contributed by atoms with E-state index in [0.717, 1.165) is 19.3 Å². The first kappa shape index (κ1) is 15.0. The van der Waals surface area contributed by atoms with Crippen molar-refractivity contribution in [2.75, 3.05) is 0 Å². The topological polar surface area (TPSA) is 43.4 Å². The molecule has 3 rings (SSSR count). The first-order chi connectivity index (χ1) is 10.4. The molecule has 2 aliphatic carbocycles. The predicted molar refractivity (Wildman–Crippen MR) is 84.4 cm³/mol. The van der Waals surface area contributed by atoms with Gasteiger partial charge in [0.25, 0.3) is 5.78 Å². The normalized spacial score (nSPS) is 31.7. The van der Waals surface area contributed by atoms with Crippen LogP contribution in [0, 0.1) is 16.7 Å². The molecule has 3 nitrogen and oxygen atoms in total. The molecule has 2 saturated carbocycles. The van der Waals surface area contributed by atoms with Gasteiger partial charge in [-0.3, -0.25) is 4.79 Å². The van der Waals surface area contributed by atoms with Crippen molar-refractivity contribution >= 4 is 11.8 Å². The summed E-state index contributed by atoms with van der Waals surface area (Å²) in [5.74, 6) is -0.795. The maximum atomic E-state index is 12.2. The molecule has 0 aliphatic heterocycles. The number of fused-ring (bicyclic) bond motifs is 2. The lowest BCUT2D eigenvalue weighted by atomic mass is 9.68. The molecule has 116 valence electrons. The zero-order chi connectivity index (χ0) is 16.0. The fraction of sp³-hybridized carbons (Fsp3) is 0.474. The van der Waals surface area contributed by atoms with Crippen LogP contribution in [0.1, 0.15) is 43.5 Å². The molecule has 0 heterocycles. The highest BCUT2D eigenvalue weighted by atomic mass is 16.5. The van der Waals surface area contributed by atoms with Gasteiger partial charge in [-0.05, 0) is 30.6 Å². The number of ether oxygens (including phenoxy) is 1. The monoisotopic (exact) mass is 298 g/mol. The van der Waals surface area contributed by atoms with Crippen LogP contribution in [0.25, 0.3) is 0 Å². The number of carbonyl (C=O) groups excluding carboxylic acids is 2. The largest absolute Gasteiger partial charge is 0.455 e. The minimum absolute atomic E-state index is 0.0650. The second-order valence-electron chi connectivity index (χ2n) is 7.03. The minimum Gasteiger partial charge on any atom is -0.455 e. The van der Waals surface area contributed by atoms with Crippen LogP contribution in [-0.2, 0) is 9.53 Å². The standard InChI is InChI=1S/C19H22O3/c1-4-19-11-10-14(18(19,2)3)12-15(19)22-17(21)16(20)13-8-6-5-7-9-13/h4-9,14-15H,1,10-12H2,2-3H3/t14-,15-,19+/m0/s1. The summed E-state index contributed by atoms with van der Waals surface area (Å²) >= 11 is 0. The molecule has 0 spiro atoms. The third kappa shape index (κ3) is 1.95. The Hall–Kier alpha value is -1.90. The number of esters is 1. The van der Waals surface area contributed by atoms with Gasteiger partial charge in [0.15, 0.2) is 0 Å². The number of carbonyl (C=O) groups is 2. The van der Waals surface area contributed by atoms with Crippen LogP contribution in [-0.4, -0.2) is 17.9 Å². The molecule has 3 atom stereocenters. The zero-order valence-electron chi connectivity index (χ0n) is 13.2. The summed E-state index contributed by atoms with van der Waals surface area (Å²) in [5, 5.41) is 0. The molecule has 1 aromatic rings. The third-order valence-corrected chi connectivity index (χ3v) is 6.03. The van der Waals surface area contributed by atoms with Crippen molar-refractivity contribution in [1.82, 2.24) is 0 Å². The lowest BCUT2D eigenvalue weighted by molar-refractivity contribution is -0.149. The Morgan fingerprint density at radius 1 is 1.27 bits per heavy atom. The molecule has 1 aromatic carbocycles. The fourth-order valence-corrected chi connectivity index (χ4v) is 4.47. The molecule has 22 heavy (non-hydrogen) atoms. The van der Waals surface area contributed by atoms with Crippen LogP contribution in [0.2, 0.25) is 0 Å². The summed E-state index contributed by atoms with van der Waals surface area (Å²) in [7, 11) is 0. The van der Waals surface area contributed by atoms with Gasteiger partial charge < -0.3 is 4.74 Å². The molecule has 0 N–H and O–H groups in total. The van der Waals surface area contributed by atoms with Crippen molar-refractivity contribution in [1.29, 1.82) is 0 Å². The molecular formula is C19H22O3. The summed E-state index contributed by atoms with van der Waals surface area (Å²) < 4.78 is 5.63. The molecule has 0 amide bonds. The quantitative estimate of drug-likeness (QED) is 0.367. The Morgan fingerprint density at radius 2 is 1.95 bits per heavy atom. The van der Waals surface area contributed by atoms with Gasteiger partial charge in [-0.2, -0.15) is 0 Å². The first-order valence-electron chi connectivity index (χ1n) is 7.86. The van der Waals surface area contributed by atoms with Crippen LogP contribution in [0.4, 0.5) is 0 Å². The van der Waals surface area contributed by atoms with E-state index >= 15 is 0 Å². The van der Waals surface area contributed by atoms with Gasteiger partial charge in [-0.25, -0.2) is 4.79 Å². The molecule has 2 fully saturated rings. The molecule has 0 aromatic heterocycles. The molecule has 2 bridgehead atoms. The molecule has 0 saturated heterocycles. The summed E-state index contributed by atoms with van der Waals surface area (Å²) in [4.78, 5) is 24.4. The Kier molecular flexibility index (Phi) is 3.47. The molecule has 0 radical (unpaired) electrons. The highest BCUT2D eigenvalue weighted by Crippen LogP contribution is 2.67. The van der Waals surface area contributed by atoms with Crippen molar-refractivity contribution in [2.24, 2.45) is 16.7 Å². The van der Waals surface area contributed by atoms with E-state index in [9.17, 15) is 9.59 Å². The van der Waals surface area contributed by atoms with Gasteiger partial charge in [0.05, 0.1) is 0 Å². The van der Waals surface area contributed by atoms with Crippen molar-refractivity contribution < 1.29 is 14.3 Å². The zero-order valence-corrected chi connectivity index (χ0v) is 13.2. The number of Topliss-reactive ketones (excluding diaryl/α,β-unsaturated/α-hetero) is 1. The van der Waals surface area contributed by atoms with E-state index in [2.05, 4.69) is 20.4 Å². The van der Waals surface area contributed by atoms with Gasteiger partial charge in [-0.15, -0.1) is 6.58 Å². The van der Waals surface area contributed by atoms with Crippen LogP contribution in [0.5, 0.6) is 0 Å². The van der Waals surface area contributed by atoms with Gasteiger partial charge in [0.2, 0.25) is 0 Å². The Labute approximate surface area is 131 Å². The predicted octanol–water partition coefficient (Wildman–Crippen LogP) is 3.79. The Morgan fingerprint density at radius 3 is 2.55 bits per heavy atom. The van der Waals surface area contributed by atoms with E-state index in [1.54, 1.807) is 24.3 Å². The summed E-state index contributed by atoms with van der Waals surface area (Å²) in [6, 6.07) is 8.57. The number of rotatable bonds is 4. The summed E-state index contributed by atoms with van der Waals surface area (Å²) in [6.45, 7) is 8.44. The number of benzene rings is 1. The van der Waals surface area contributed by atoms with Gasteiger partial charge in [0.1, 0.15) is 6.10 Å². The third-order valence-electron chi connectivity index (χ3n) is 6.03. The van der Waals surface area contributed by atoms with Gasteiger partial charge in [0, 0.05) is 11.0 Å². The van der Waals surface area contributed by atoms with E-state index in [0.29, 0.717) is 11.5 Å². The van der Waals surface area contributed by atoms with Crippen molar-refractivity contribution in [3.05, 3.63) is 48.6 Å². The SMILES string of the molecule is C=C[C@@]12CC[C@@H](C[C@@H]1OC(=O)C(=O)c1ccccc1)C2(C)C. The van der Waals surface area contributed by atoms with Crippen LogP contribution in [0.15, 0.2) is 43.0 Å². The summed E-state index contributed by atoms with van der Waals surface area (Å²) in [6.07, 6.45) is 4.65. The van der Waals surface area contributed by atoms with Crippen LogP contribution in [0.3, 0.4) is 0 Å². The van der Waals surface area contributed by atoms with Gasteiger partial charge >= 0.3 is 5.97 Å². The lowest BCUT2D eigenvalue weighted by Gasteiger charge is -2.39. The molecule has 2 aliphatic rings. The molecule has 3 heteroatoms. The van der Waals surface area contributed by atoms with E-state index in [1.807, 2.05) is 12.1 Å². The maximum Gasteiger partial charge on any atom is 0.379 e. The average Bonchev–Trinajstić information content (AvgIpc) is 2.90. The van der Waals surface area contributed by atoms with E-state index in [1.165, 1.54) is 0 Å². The maximum absolute atomic E-state index is 12.2. The number of hydrogen-bond donors (Lipinski definition) is 0. The Balaban J connectivity index is 1.78. The summed E-state index contributed by atoms with van der Waals surface area (Å²) in [5.41, 5.74) is 0.238. The highest BCUT2D eigenvalue weighted by Gasteiger charge is 2.64. The second-order valence-corrected chi connectivity index (χ2v) is 7.03. The van der Waals surface area contributed by atoms with Crippen molar-refractivity contribution in [3.63, 3.8) is 0 Å². The fourth-order valence-electron chi connectivity index (χ4n) is 4.47. The second kappa shape index (κ2) is 5.08. The van der Waals surface area contributed by atoms with E-state index in [4.69, 9.17) is 4.74 Å². The highest BCUT2D eigenvalue weighted by molar-refractivity contribution is 6.40. The minimum atomic E-state index is -0.749. The van der Waals surface area contributed by atoms with Crippen LogP contribution < -0.4 is 0 Å². The lowest BCUT2D eigenvalue weighted by Crippen LogP contribution is -2.40. The van der Waals surface area contributed by atoms with Crippen molar-refractivity contribution in [2.45, 2.75) is 39.2 Å².